The van der Waals surface area contributed by atoms with Gasteiger partial charge in [0.25, 0.3) is 5.91 Å². The first-order valence-electron chi connectivity index (χ1n) is 10.4. The smallest absolute Gasteiger partial charge is 0.257 e. The summed E-state index contributed by atoms with van der Waals surface area (Å²) in [6, 6.07) is 24.9. The van der Waals surface area contributed by atoms with E-state index in [0.29, 0.717) is 17.8 Å². The Labute approximate surface area is 195 Å². The Morgan fingerprint density at radius 3 is 2.48 bits per heavy atom. The predicted molar refractivity (Wildman–Crippen MR) is 132 cm³/mol. The maximum Gasteiger partial charge on any atom is 0.257 e. The van der Waals surface area contributed by atoms with E-state index >= 15 is 0 Å². The molecule has 7 heteroatoms. The van der Waals surface area contributed by atoms with E-state index < -0.39 is 0 Å². The second-order valence-corrected chi connectivity index (χ2v) is 8.01. The average Bonchev–Trinajstić information content (AvgIpc) is 3.28. The summed E-state index contributed by atoms with van der Waals surface area (Å²) in [5.74, 6) is 0.564. The number of fused-ring (bicyclic) bond motifs is 1. The Morgan fingerprint density at radius 1 is 0.939 bits per heavy atom. The van der Waals surface area contributed by atoms with Gasteiger partial charge in [0.15, 0.2) is 0 Å². The van der Waals surface area contributed by atoms with Gasteiger partial charge < -0.3 is 15.6 Å². The van der Waals surface area contributed by atoms with Gasteiger partial charge in [-0.25, -0.2) is 4.98 Å². The number of hydrogen-bond donors (Lipinski definition) is 3. The lowest BCUT2D eigenvalue weighted by molar-refractivity contribution is 0.102. The largest absolute Gasteiger partial charge is 0.381 e. The minimum absolute atomic E-state index is 0.205. The molecule has 5 rings (SSSR count). The molecule has 0 atom stereocenters. The molecule has 0 saturated heterocycles. The van der Waals surface area contributed by atoms with Crippen LogP contribution in [0.15, 0.2) is 91.3 Å². The summed E-state index contributed by atoms with van der Waals surface area (Å²) >= 11 is 5.94. The number of hydrogen-bond acceptors (Lipinski definition) is 4. The molecular formula is C26H20ClN5O. The van der Waals surface area contributed by atoms with Crippen LogP contribution in [0.25, 0.3) is 22.4 Å². The third-order valence-electron chi connectivity index (χ3n) is 5.23. The quantitative estimate of drug-likeness (QED) is 0.288. The number of rotatable bonds is 6. The highest BCUT2D eigenvalue weighted by molar-refractivity contribution is 6.30. The Hall–Kier alpha value is -4.16. The maximum atomic E-state index is 12.4. The number of pyridine rings is 1. The number of H-pyrrole nitrogens is 1. The first kappa shape index (κ1) is 20.7. The minimum Gasteiger partial charge on any atom is -0.381 e. The second-order valence-electron chi connectivity index (χ2n) is 7.57. The van der Waals surface area contributed by atoms with Crippen LogP contribution in [0.5, 0.6) is 0 Å². The van der Waals surface area contributed by atoms with Crippen molar-refractivity contribution in [3.8, 4) is 11.4 Å². The zero-order valence-electron chi connectivity index (χ0n) is 17.5. The van der Waals surface area contributed by atoms with Gasteiger partial charge in [0.1, 0.15) is 5.82 Å². The van der Waals surface area contributed by atoms with Crippen LogP contribution < -0.4 is 10.6 Å². The number of carbonyl (C=O) groups excluding carboxylic acids is 1. The van der Waals surface area contributed by atoms with E-state index in [2.05, 4.69) is 25.6 Å². The van der Waals surface area contributed by atoms with E-state index in [1.807, 2.05) is 66.7 Å². The standard InChI is InChI=1S/C26H20ClN5O/c27-20-7-3-17(4-8-20)15-29-21-9-5-18(6-10-21)25-31-23-12-11-22(14-24(23)32-25)30-26(33)19-2-1-13-28-16-19/h1-14,16,29H,15H2,(H,30,33)(H,31,32). The van der Waals surface area contributed by atoms with Gasteiger partial charge in [-0.3, -0.25) is 9.78 Å². The number of imidazole rings is 1. The van der Waals surface area contributed by atoms with Crippen molar-refractivity contribution in [1.82, 2.24) is 15.0 Å². The molecule has 0 saturated carbocycles. The van der Waals surface area contributed by atoms with Gasteiger partial charge >= 0.3 is 0 Å². The molecule has 162 valence electrons. The van der Waals surface area contributed by atoms with Crippen molar-refractivity contribution in [1.29, 1.82) is 0 Å². The number of anilines is 2. The zero-order chi connectivity index (χ0) is 22.6. The summed E-state index contributed by atoms with van der Waals surface area (Å²) in [6.07, 6.45) is 3.17. The van der Waals surface area contributed by atoms with E-state index in [9.17, 15) is 4.79 Å². The molecule has 0 radical (unpaired) electrons. The highest BCUT2D eigenvalue weighted by atomic mass is 35.5. The molecule has 33 heavy (non-hydrogen) atoms. The maximum absolute atomic E-state index is 12.4. The van der Waals surface area contributed by atoms with Crippen LogP contribution >= 0.6 is 11.6 Å². The molecule has 2 heterocycles. The third-order valence-corrected chi connectivity index (χ3v) is 5.48. The highest BCUT2D eigenvalue weighted by Gasteiger charge is 2.09. The number of nitrogens with zero attached hydrogens (tertiary/aromatic N) is 2. The molecule has 0 unspecified atom stereocenters. The number of amides is 1. The lowest BCUT2D eigenvalue weighted by Crippen LogP contribution is -2.11. The molecule has 2 aromatic heterocycles. The van der Waals surface area contributed by atoms with E-state index in [-0.39, 0.29) is 5.91 Å². The molecule has 0 fully saturated rings. The Kier molecular flexibility index (Phi) is 5.74. The summed E-state index contributed by atoms with van der Waals surface area (Å²) in [7, 11) is 0. The van der Waals surface area contributed by atoms with Crippen LogP contribution in [-0.4, -0.2) is 20.9 Å². The van der Waals surface area contributed by atoms with Crippen molar-refractivity contribution in [3.05, 3.63) is 107 Å². The monoisotopic (exact) mass is 453 g/mol. The Balaban J connectivity index is 1.28. The van der Waals surface area contributed by atoms with Crippen LogP contribution in [0.3, 0.4) is 0 Å². The summed E-state index contributed by atoms with van der Waals surface area (Å²) in [4.78, 5) is 24.4. The van der Waals surface area contributed by atoms with Crippen molar-refractivity contribution in [2.45, 2.75) is 6.54 Å². The molecule has 0 aliphatic rings. The SMILES string of the molecule is O=C(Nc1ccc2nc(-c3ccc(NCc4ccc(Cl)cc4)cc3)[nH]c2c1)c1cccnc1. The van der Waals surface area contributed by atoms with E-state index in [0.717, 1.165) is 38.7 Å². The first-order valence-corrected chi connectivity index (χ1v) is 10.8. The van der Waals surface area contributed by atoms with Gasteiger partial charge in [-0.2, -0.15) is 0 Å². The second kappa shape index (κ2) is 9.14. The number of carbonyl (C=O) groups is 1. The molecule has 0 aliphatic heterocycles. The fourth-order valence-electron chi connectivity index (χ4n) is 3.48. The van der Waals surface area contributed by atoms with E-state index in [1.165, 1.54) is 6.20 Å². The van der Waals surface area contributed by atoms with Gasteiger partial charge in [-0.05, 0) is 72.3 Å². The average molecular weight is 454 g/mol. The third kappa shape index (κ3) is 4.86. The summed E-state index contributed by atoms with van der Waals surface area (Å²) in [5, 5.41) is 7.03. The lowest BCUT2D eigenvalue weighted by Gasteiger charge is -2.07. The molecule has 0 spiro atoms. The normalized spacial score (nSPS) is 10.8. The van der Waals surface area contributed by atoms with Gasteiger partial charge in [0.2, 0.25) is 0 Å². The van der Waals surface area contributed by atoms with Gasteiger partial charge in [0.05, 0.1) is 16.6 Å². The summed E-state index contributed by atoms with van der Waals surface area (Å²) in [5.41, 5.74) is 6.02. The zero-order valence-corrected chi connectivity index (χ0v) is 18.3. The number of aromatic nitrogens is 3. The lowest BCUT2D eigenvalue weighted by atomic mass is 10.2. The first-order chi connectivity index (χ1) is 16.1. The van der Waals surface area contributed by atoms with E-state index in [4.69, 9.17) is 11.6 Å². The molecular weight excluding hydrogens is 434 g/mol. The summed E-state index contributed by atoms with van der Waals surface area (Å²) in [6.45, 7) is 0.717. The van der Waals surface area contributed by atoms with Crippen LogP contribution in [-0.2, 0) is 6.54 Å². The fourth-order valence-corrected chi connectivity index (χ4v) is 3.60. The van der Waals surface area contributed by atoms with Crippen molar-refractivity contribution in [2.24, 2.45) is 0 Å². The topological polar surface area (TPSA) is 82.7 Å². The van der Waals surface area contributed by atoms with Crippen molar-refractivity contribution in [2.75, 3.05) is 10.6 Å². The van der Waals surface area contributed by atoms with Crippen LogP contribution in [0.1, 0.15) is 15.9 Å². The molecule has 3 N–H and O–H groups in total. The van der Waals surface area contributed by atoms with E-state index in [1.54, 1.807) is 18.3 Å². The van der Waals surface area contributed by atoms with Crippen molar-refractivity contribution >= 4 is 39.9 Å². The number of nitrogens with one attached hydrogen (secondary N) is 3. The number of halogens is 1. The highest BCUT2D eigenvalue weighted by Crippen LogP contribution is 2.24. The van der Waals surface area contributed by atoms with Crippen LogP contribution in [0.4, 0.5) is 11.4 Å². The number of benzene rings is 3. The van der Waals surface area contributed by atoms with Crippen molar-refractivity contribution < 1.29 is 4.79 Å². The molecule has 6 nitrogen and oxygen atoms in total. The number of aromatic amines is 1. The van der Waals surface area contributed by atoms with Gasteiger partial charge in [0, 0.05) is 40.9 Å². The molecule has 1 amide bonds. The molecule has 3 aromatic carbocycles. The molecule has 0 bridgehead atoms. The predicted octanol–water partition coefficient (Wildman–Crippen LogP) is 6.14. The van der Waals surface area contributed by atoms with Gasteiger partial charge in [-0.15, -0.1) is 0 Å². The Morgan fingerprint density at radius 2 is 1.73 bits per heavy atom. The molecule has 0 aliphatic carbocycles. The fraction of sp³-hybridized carbons (Fsp3) is 0.0385. The van der Waals surface area contributed by atoms with Crippen LogP contribution in [0, 0.1) is 0 Å². The molecule has 5 aromatic rings. The summed E-state index contributed by atoms with van der Waals surface area (Å²) < 4.78 is 0. The Bertz CT molecular complexity index is 1400. The van der Waals surface area contributed by atoms with Crippen molar-refractivity contribution in [3.63, 3.8) is 0 Å². The van der Waals surface area contributed by atoms with Crippen LogP contribution in [0.2, 0.25) is 5.02 Å². The minimum atomic E-state index is -0.205. The van der Waals surface area contributed by atoms with Gasteiger partial charge in [-0.1, -0.05) is 23.7 Å².